The van der Waals surface area contributed by atoms with Gasteiger partial charge in [-0.05, 0) is 80.3 Å². The van der Waals surface area contributed by atoms with E-state index in [1.54, 1.807) is 0 Å². The van der Waals surface area contributed by atoms with E-state index in [4.69, 9.17) is 5.73 Å². The maximum atomic E-state index is 14.0. The molecule has 0 aliphatic heterocycles. The molecule has 0 radical (unpaired) electrons. The minimum atomic E-state index is -4.14. The third-order valence-corrected chi connectivity index (χ3v) is 6.46. The second-order valence-electron chi connectivity index (χ2n) is 8.85. The molecule has 0 heterocycles. The summed E-state index contributed by atoms with van der Waals surface area (Å²) >= 11 is 0. The Bertz CT molecular complexity index is 832. The summed E-state index contributed by atoms with van der Waals surface area (Å²) in [6, 6.07) is 13.1. The monoisotopic (exact) mass is 454 g/mol. The van der Waals surface area contributed by atoms with Crippen LogP contribution in [0.1, 0.15) is 49.7 Å². The summed E-state index contributed by atoms with van der Waals surface area (Å²) in [5, 5.41) is 0. The van der Waals surface area contributed by atoms with Crippen LogP contribution in [-0.4, -0.2) is 29.7 Å². The molecule has 1 fully saturated rings. The van der Waals surface area contributed by atoms with Crippen molar-refractivity contribution in [1.82, 2.24) is 4.90 Å². The Morgan fingerprint density at radius 1 is 0.969 bits per heavy atom. The number of hydrogen-bond donors (Lipinski definition) is 1. The number of rotatable bonds is 9. The van der Waals surface area contributed by atoms with E-state index < -0.39 is 24.2 Å². The quantitative estimate of drug-likeness (QED) is 0.455. The van der Waals surface area contributed by atoms with Crippen molar-refractivity contribution in [3.63, 3.8) is 0 Å². The number of benzene rings is 2. The minimum Gasteiger partial charge on any atom is -0.327 e. The molecule has 2 N–H and O–H groups in total. The molecule has 0 unspecified atom stereocenters. The van der Waals surface area contributed by atoms with Crippen molar-refractivity contribution in [3.8, 4) is 0 Å². The van der Waals surface area contributed by atoms with Crippen LogP contribution in [-0.2, 0) is 13.0 Å². The van der Waals surface area contributed by atoms with E-state index in [0.29, 0.717) is 13.1 Å². The second kappa shape index (κ2) is 11.2. The minimum absolute atomic E-state index is 0.0780. The molecule has 0 spiro atoms. The molecule has 0 aromatic heterocycles. The van der Waals surface area contributed by atoms with Crippen molar-refractivity contribution in [3.05, 3.63) is 71.3 Å². The molecule has 1 aliphatic carbocycles. The molecular formula is C25H31F5N2. The Morgan fingerprint density at radius 2 is 1.66 bits per heavy atom. The van der Waals surface area contributed by atoms with Crippen molar-refractivity contribution in [2.75, 3.05) is 6.54 Å². The molecule has 3 rings (SSSR count). The van der Waals surface area contributed by atoms with Crippen LogP contribution in [0.2, 0.25) is 0 Å². The molecule has 1 atom stereocenters. The van der Waals surface area contributed by atoms with E-state index in [2.05, 4.69) is 4.90 Å². The lowest BCUT2D eigenvalue weighted by atomic mass is 9.79. The van der Waals surface area contributed by atoms with Gasteiger partial charge >= 0.3 is 6.18 Å². The van der Waals surface area contributed by atoms with Crippen LogP contribution in [0.5, 0.6) is 0 Å². The Morgan fingerprint density at radius 3 is 2.31 bits per heavy atom. The van der Waals surface area contributed by atoms with E-state index in [0.717, 1.165) is 43.4 Å². The highest BCUT2D eigenvalue weighted by molar-refractivity contribution is 5.20. The fourth-order valence-electron chi connectivity index (χ4n) is 4.71. The van der Waals surface area contributed by atoms with Gasteiger partial charge in [0.15, 0.2) is 0 Å². The molecule has 7 heteroatoms. The smallest absolute Gasteiger partial charge is 0.327 e. The molecule has 0 amide bonds. The molecule has 176 valence electrons. The summed E-state index contributed by atoms with van der Waals surface area (Å²) in [5.41, 5.74) is 7.72. The van der Waals surface area contributed by atoms with Crippen LogP contribution >= 0.6 is 0 Å². The number of halogens is 5. The zero-order valence-corrected chi connectivity index (χ0v) is 18.1. The highest BCUT2D eigenvalue weighted by Gasteiger charge is 2.31. The predicted molar refractivity (Wildman–Crippen MR) is 116 cm³/mol. The van der Waals surface area contributed by atoms with Crippen LogP contribution in [0, 0.1) is 17.6 Å². The van der Waals surface area contributed by atoms with Crippen LogP contribution in [0.3, 0.4) is 0 Å². The highest BCUT2D eigenvalue weighted by atomic mass is 19.4. The van der Waals surface area contributed by atoms with Gasteiger partial charge in [0.1, 0.15) is 11.6 Å². The predicted octanol–water partition coefficient (Wildman–Crippen LogP) is 6.24. The molecule has 0 saturated heterocycles. The first-order valence-corrected chi connectivity index (χ1v) is 11.3. The van der Waals surface area contributed by atoms with Gasteiger partial charge in [-0.2, -0.15) is 13.2 Å². The summed E-state index contributed by atoms with van der Waals surface area (Å²) in [4.78, 5) is 2.16. The van der Waals surface area contributed by atoms with Crippen molar-refractivity contribution >= 4 is 0 Å². The first-order chi connectivity index (χ1) is 15.2. The molecule has 2 aromatic carbocycles. The lowest BCUT2D eigenvalue weighted by molar-refractivity contribution is -0.136. The van der Waals surface area contributed by atoms with Gasteiger partial charge in [0.05, 0.1) is 0 Å². The number of hydrogen-bond acceptors (Lipinski definition) is 2. The largest absolute Gasteiger partial charge is 0.389 e. The van der Waals surface area contributed by atoms with Crippen LogP contribution in [0.15, 0.2) is 48.5 Å². The SMILES string of the molecule is N[C@H](Cc1cc(F)ccc1F)C1CCC(N(CCCC(F)(F)F)Cc2ccccc2)CC1. The average molecular weight is 455 g/mol. The second-order valence-corrected chi connectivity index (χ2v) is 8.85. The van der Waals surface area contributed by atoms with Gasteiger partial charge in [0.2, 0.25) is 0 Å². The summed E-state index contributed by atoms with van der Waals surface area (Å²) in [5.74, 6) is -0.746. The molecule has 2 nitrogen and oxygen atoms in total. The first kappa shape index (κ1) is 24.6. The molecule has 0 bridgehead atoms. The van der Waals surface area contributed by atoms with Crippen molar-refractivity contribution in [2.24, 2.45) is 11.7 Å². The topological polar surface area (TPSA) is 29.3 Å². The van der Waals surface area contributed by atoms with E-state index >= 15 is 0 Å². The number of alkyl halides is 3. The van der Waals surface area contributed by atoms with Gasteiger partial charge in [0.25, 0.3) is 0 Å². The zero-order valence-electron chi connectivity index (χ0n) is 18.1. The van der Waals surface area contributed by atoms with Crippen LogP contribution in [0.4, 0.5) is 22.0 Å². The van der Waals surface area contributed by atoms with Gasteiger partial charge < -0.3 is 5.73 Å². The van der Waals surface area contributed by atoms with E-state index in [1.165, 1.54) is 6.07 Å². The van der Waals surface area contributed by atoms with Crippen molar-refractivity contribution in [2.45, 2.75) is 69.8 Å². The lowest BCUT2D eigenvalue weighted by Crippen LogP contribution is -2.42. The first-order valence-electron chi connectivity index (χ1n) is 11.3. The third-order valence-electron chi connectivity index (χ3n) is 6.46. The highest BCUT2D eigenvalue weighted by Crippen LogP contribution is 2.32. The number of nitrogens with two attached hydrogens (primary N) is 1. The Balaban J connectivity index is 1.57. The van der Waals surface area contributed by atoms with Crippen molar-refractivity contribution < 1.29 is 22.0 Å². The summed E-state index contributed by atoms with van der Waals surface area (Å²) in [6.45, 7) is 1.01. The van der Waals surface area contributed by atoms with Crippen LogP contribution in [0.25, 0.3) is 0 Å². The van der Waals surface area contributed by atoms with Gasteiger partial charge in [-0.25, -0.2) is 8.78 Å². The molecule has 1 saturated carbocycles. The Hall–Kier alpha value is -1.99. The Labute approximate surface area is 186 Å². The standard InChI is InChI=1S/C25H31F5N2/c26-21-9-12-23(27)20(15-21)16-24(31)19-7-10-22(11-8-19)32(14-4-13-25(28,29)30)17-18-5-2-1-3-6-18/h1-3,5-6,9,12,15,19,22,24H,4,7-8,10-11,13-14,16-17,31H2/t19?,22?,24-/m1/s1. The summed E-state index contributed by atoms with van der Waals surface area (Å²) in [7, 11) is 0. The summed E-state index contributed by atoms with van der Waals surface area (Å²) < 4.78 is 65.4. The van der Waals surface area contributed by atoms with Gasteiger partial charge in [-0.15, -0.1) is 0 Å². The molecule has 1 aliphatic rings. The van der Waals surface area contributed by atoms with Crippen LogP contribution < -0.4 is 5.73 Å². The normalized spacial score (nSPS) is 20.5. The summed E-state index contributed by atoms with van der Waals surface area (Å²) in [6.07, 6.45) is -1.24. The van der Waals surface area contributed by atoms with Crippen molar-refractivity contribution in [1.29, 1.82) is 0 Å². The van der Waals surface area contributed by atoms with E-state index in [9.17, 15) is 22.0 Å². The molecule has 2 aromatic rings. The maximum absolute atomic E-state index is 14.0. The fraction of sp³-hybridized carbons (Fsp3) is 0.520. The van der Waals surface area contributed by atoms with Gasteiger partial charge in [-0.1, -0.05) is 30.3 Å². The maximum Gasteiger partial charge on any atom is 0.389 e. The average Bonchev–Trinajstić information content (AvgIpc) is 2.75. The van der Waals surface area contributed by atoms with E-state index in [-0.39, 0.29) is 36.4 Å². The van der Waals surface area contributed by atoms with E-state index in [1.807, 2.05) is 30.3 Å². The Kier molecular flexibility index (Phi) is 8.65. The molecular weight excluding hydrogens is 423 g/mol. The zero-order chi connectivity index (χ0) is 23.1. The lowest BCUT2D eigenvalue weighted by Gasteiger charge is -2.39. The fourth-order valence-corrected chi connectivity index (χ4v) is 4.71. The number of nitrogens with zero attached hydrogens (tertiary/aromatic N) is 1. The van der Waals surface area contributed by atoms with Gasteiger partial charge in [0, 0.05) is 25.0 Å². The molecule has 32 heavy (non-hydrogen) atoms. The third kappa shape index (κ3) is 7.55. The van der Waals surface area contributed by atoms with Gasteiger partial charge in [-0.3, -0.25) is 4.90 Å².